The molecular formula is C18H22N4O. The smallest absolute Gasteiger partial charge is 0.265 e. The Morgan fingerprint density at radius 2 is 1.91 bits per heavy atom. The van der Waals surface area contributed by atoms with Gasteiger partial charge in [-0.15, -0.1) is 0 Å². The van der Waals surface area contributed by atoms with Gasteiger partial charge in [0, 0.05) is 11.9 Å². The molecule has 5 heteroatoms. The maximum atomic E-state index is 12.9. The van der Waals surface area contributed by atoms with Crippen LogP contribution in [0.2, 0.25) is 0 Å². The van der Waals surface area contributed by atoms with Crippen molar-refractivity contribution in [3.05, 3.63) is 52.1 Å². The van der Waals surface area contributed by atoms with Gasteiger partial charge in [0.15, 0.2) is 0 Å². The number of para-hydroxylation sites is 1. The maximum Gasteiger partial charge on any atom is 0.293 e. The summed E-state index contributed by atoms with van der Waals surface area (Å²) >= 11 is 0. The van der Waals surface area contributed by atoms with E-state index in [1.54, 1.807) is 15.6 Å². The van der Waals surface area contributed by atoms with E-state index in [1.807, 2.05) is 38.1 Å². The zero-order chi connectivity index (χ0) is 16.6. The summed E-state index contributed by atoms with van der Waals surface area (Å²) in [5, 5.41) is 9.72. The predicted molar refractivity (Wildman–Crippen MR) is 92.1 cm³/mol. The van der Waals surface area contributed by atoms with Gasteiger partial charge in [-0.2, -0.15) is 10.2 Å². The molecule has 0 aliphatic heterocycles. The van der Waals surface area contributed by atoms with Crippen molar-refractivity contribution in [2.75, 3.05) is 0 Å². The van der Waals surface area contributed by atoms with E-state index in [0.29, 0.717) is 18.0 Å². The number of hydrogen-bond donors (Lipinski definition) is 0. The lowest BCUT2D eigenvalue weighted by Gasteiger charge is -2.10. The van der Waals surface area contributed by atoms with Crippen molar-refractivity contribution in [3.8, 4) is 5.69 Å². The molecule has 0 atom stereocenters. The van der Waals surface area contributed by atoms with Gasteiger partial charge in [0.25, 0.3) is 5.56 Å². The van der Waals surface area contributed by atoms with Crippen LogP contribution in [0.1, 0.15) is 31.5 Å². The van der Waals surface area contributed by atoms with Crippen LogP contribution in [0.4, 0.5) is 0 Å². The molecule has 0 aliphatic carbocycles. The third-order valence-electron chi connectivity index (χ3n) is 4.13. The lowest BCUT2D eigenvalue weighted by Crippen LogP contribution is -2.26. The van der Waals surface area contributed by atoms with E-state index in [-0.39, 0.29) is 5.56 Å². The van der Waals surface area contributed by atoms with E-state index in [2.05, 4.69) is 24.0 Å². The SMILES string of the molecule is Cc1ccccc1-n1ncc2c(C)nn(CCC(C)C)c(=O)c21. The van der Waals surface area contributed by atoms with Gasteiger partial charge in [0.2, 0.25) is 0 Å². The first kappa shape index (κ1) is 15.5. The van der Waals surface area contributed by atoms with Crippen molar-refractivity contribution in [1.29, 1.82) is 0 Å². The average molecular weight is 310 g/mol. The predicted octanol–water partition coefficient (Wildman–Crippen LogP) is 3.25. The summed E-state index contributed by atoms with van der Waals surface area (Å²) in [6.45, 7) is 8.87. The van der Waals surface area contributed by atoms with Crippen molar-refractivity contribution < 1.29 is 0 Å². The Hall–Kier alpha value is -2.43. The molecule has 5 nitrogen and oxygen atoms in total. The molecule has 0 amide bonds. The van der Waals surface area contributed by atoms with Crippen molar-refractivity contribution in [3.63, 3.8) is 0 Å². The van der Waals surface area contributed by atoms with Gasteiger partial charge in [-0.25, -0.2) is 9.36 Å². The second-order valence-electron chi connectivity index (χ2n) is 6.40. The van der Waals surface area contributed by atoms with Gasteiger partial charge in [-0.3, -0.25) is 4.79 Å². The number of aryl methyl sites for hydroxylation is 3. The minimum Gasteiger partial charge on any atom is -0.265 e. The zero-order valence-corrected chi connectivity index (χ0v) is 14.1. The lowest BCUT2D eigenvalue weighted by molar-refractivity contribution is 0.471. The summed E-state index contributed by atoms with van der Waals surface area (Å²) in [6, 6.07) is 7.95. The highest BCUT2D eigenvalue weighted by molar-refractivity contribution is 5.81. The number of benzene rings is 1. The zero-order valence-electron chi connectivity index (χ0n) is 14.1. The van der Waals surface area contributed by atoms with Crippen molar-refractivity contribution in [1.82, 2.24) is 19.6 Å². The molecule has 0 spiro atoms. The molecule has 23 heavy (non-hydrogen) atoms. The van der Waals surface area contributed by atoms with Gasteiger partial charge in [-0.1, -0.05) is 32.0 Å². The summed E-state index contributed by atoms with van der Waals surface area (Å²) < 4.78 is 3.32. The van der Waals surface area contributed by atoms with Crippen LogP contribution in [-0.4, -0.2) is 19.6 Å². The molecule has 0 N–H and O–H groups in total. The van der Waals surface area contributed by atoms with Crippen molar-refractivity contribution in [2.24, 2.45) is 5.92 Å². The van der Waals surface area contributed by atoms with Gasteiger partial charge >= 0.3 is 0 Å². The fourth-order valence-electron chi connectivity index (χ4n) is 2.74. The van der Waals surface area contributed by atoms with E-state index >= 15 is 0 Å². The minimum atomic E-state index is -0.0768. The Bertz CT molecular complexity index is 905. The van der Waals surface area contributed by atoms with E-state index < -0.39 is 0 Å². The van der Waals surface area contributed by atoms with E-state index in [9.17, 15) is 4.79 Å². The van der Waals surface area contributed by atoms with Gasteiger partial charge < -0.3 is 0 Å². The number of hydrogen-bond acceptors (Lipinski definition) is 3. The fraction of sp³-hybridized carbons (Fsp3) is 0.389. The Morgan fingerprint density at radius 3 is 2.61 bits per heavy atom. The summed E-state index contributed by atoms with van der Waals surface area (Å²) in [5.41, 5.74) is 3.38. The monoisotopic (exact) mass is 310 g/mol. The number of nitrogens with zero attached hydrogens (tertiary/aromatic N) is 4. The van der Waals surface area contributed by atoms with Crippen LogP contribution >= 0.6 is 0 Å². The van der Waals surface area contributed by atoms with Crippen molar-refractivity contribution >= 4 is 10.9 Å². The largest absolute Gasteiger partial charge is 0.293 e. The highest BCUT2D eigenvalue weighted by Crippen LogP contribution is 2.19. The van der Waals surface area contributed by atoms with Gasteiger partial charge in [0.05, 0.1) is 17.6 Å². The molecule has 0 radical (unpaired) electrons. The van der Waals surface area contributed by atoms with E-state index in [1.165, 1.54) is 0 Å². The van der Waals surface area contributed by atoms with Crippen LogP contribution in [0.15, 0.2) is 35.3 Å². The first-order valence-corrected chi connectivity index (χ1v) is 8.00. The highest BCUT2D eigenvalue weighted by atomic mass is 16.1. The quantitative estimate of drug-likeness (QED) is 0.743. The standard InChI is InChI=1S/C18H22N4O/c1-12(2)9-10-21-18(23)17-15(14(4)20-21)11-19-22(17)16-8-6-5-7-13(16)3/h5-8,11-12H,9-10H2,1-4H3. The molecule has 0 saturated carbocycles. The fourth-order valence-corrected chi connectivity index (χ4v) is 2.74. The topological polar surface area (TPSA) is 52.7 Å². The Morgan fingerprint density at radius 1 is 1.17 bits per heavy atom. The third-order valence-corrected chi connectivity index (χ3v) is 4.13. The Balaban J connectivity index is 2.22. The second kappa shape index (κ2) is 5.99. The molecule has 1 aromatic carbocycles. The molecule has 120 valence electrons. The van der Waals surface area contributed by atoms with Crippen LogP contribution in [0.25, 0.3) is 16.6 Å². The van der Waals surface area contributed by atoms with E-state index in [4.69, 9.17) is 0 Å². The van der Waals surface area contributed by atoms with Crippen LogP contribution in [-0.2, 0) is 6.54 Å². The van der Waals surface area contributed by atoms with Crippen LogP contribution in [0.5, 0.6) is 0 Å². The molecule has 0 fully saturated rings. The molecule has 0 bridgehead atoms. The lowest BCUT2D eigenvalue weighted by atomic mass is 10.1. The molecule has 0 saturated heterocycles. The van der Waals surface area contributed by atoms with Crippen LogP contribution in [0.3, 0.4) is 0 Å². The third kappa shape index (κ3) is 2.79. The maximum absolute atomic E-state index is 12.9. The minimum absolute atomic E-state index is 0.0768. The Labute approximate surface area is 135 Å². The number of rotatable bonds is 4. The molecule has 0 aliphatic rings. The molecule has 2 aromatic heterocycles. The summed E-state index contributed by atoms with van der Waals surface area (Å²) in [6.07, 6.45) is 2.66. The summed E-state index contributed by atoms with van der Waals surface area (Å²) in [4.78, 5) is 12.9. The molecule has 0 unspecified atom stereocenters. The van der Waals surface area contributed by atoms with Gasteiger partial charge in [0.1, 0.15) is 5.52 Å². The summed E-state index contributed by atoms with van der Waals surface area (Å²) in [7, 11) is 0. The first-order valence-electron chi connectivity index (χ1n) is 8.00. The molecule has 2 heterocycles. The van der Waals surface area contributed by atoms with Crippen molar-refractivity contribution in [2.45, 2.75) is 40.7 Å². The number of aromatic nitrogens is 4. The molecule has 3 rings (SSSR count). The Kier molecular flexibility index (Phi) is 4.03. The van der Waals surface area contributed by atoms with Crippen LogP contribution < -0.4 is 5.56 Å². The number of fused-ring (bicyclic) bond motifs is 1. The average Bonchev–Trinajstić information content (AvgIpc) is 2.95. The molecular weight excluding hydrogens is 288 g/mol. The van der Waals surface area contributed by atoms with Gasteiger partial charge in [-0.05, 0) is 37.8 Å². The normalized spacial score (nSPS) is 11.5. The van der Waals surface area contributed by atoms with E-state index in [0.717, 1.165) is 28.8 Å². The second-order valence-corrected chi connectivity index (χ2v) is 6.40. The molecule has 3 aromatic rings. The summed E-state index contributed by atoms with van der Waals surface area (Å²) in [5.74, 6) is 0.529. The van der Waals surface area contributed by atoms with Crippen LogP contribution in [0, 0.1) is 19.8 Å². The first-order chi connectivity index (χ1) is 11.0. The highest BCUT2D eigenvalue weighted by Gasteiger charge is 2.15.